The average molecular weight is 391 g/mol. The summed E-state index contributed by atoms with van der Waals surface area (Å²) >= 11 is 3.45. The Bertz CT molecular complexity index is 964. The summed E-state index contributed by atoms with van der Waals surface area (Å²) < 4.78 is 7.09. The third kappa shape index (κ3) is 3.49. The van der Waals surface area contributed by atoms with Crippen LogP contribution in [0.5, 0.6) is 0 Å². The van der Waals surface area contributed by atoms with Crippen LogP contribution < -0.4 is 5.32 Å². The molecule has 4 heteroatoms. The van der Waals surface area contributed by atoms with Gasteiger partial charge in [-0.1, -0.05) is 64.5 Å². The molecule has 4 aromatic rings. The number of hydrogen-bond acceptors (Lipinski definition) is 3. The fraction of sp³-hybridized carbons (Fsp3) is 0. The van der Waals surface area contributed by atoms with Crippen molar-refractivity contribution in [2.75, 3.05) is 5.32 Å². The van der Waals surface area contributed by atoms with Gasteiger partial charge in [0.05, 0.1) is 0 Å². The minimum absolute atomic E-state index is 0.596. The lowest BCUT2D eigenvalue weighted by molar-refractivity contribution is 0.592. The second-order valence-electron chi connectivity index (χ2n) is 5.56. The van der Waals surface area contributed by atoms with Crippen LogP contribution in [0.3, 0.4) is 0 Å². The van der Waals surface area contributed by atoms with Gasteiger partial charge in [-0.25, -0.2) is 4.98 Å². The summed E-state index contributed by atoms with van der Waals surface area (Å²) in [4.78, 5) is 4.73. The van der Waals surface area contributed by atoms with Gasteiger partial charge in [-0.3, -0.25) is 0 Å². The Morgan fingerprint density at radius 1 is 0.720 bits per heavy atom. The molecule has 4 rings (SSSR count). The fourth-order valence-corrected chi connectivity index (χ4v) is 2.83. The first-order valence-corrected chi connectivity index (χ1v) is 8.73. The summed E-state index contributed by atoms with van der Waals surface area (Å²) in [5.74, 6) is 1.23. The molecule has 3 nitrogen and oxygen atoms in total. The maximum absolute atomic E-state index is 6.06. The van der Waals surface area contributed by atoms with Crippen LogP contribution >= 0.6 is 15.9 Å². The normalized spacial score (nSPS) is 10.6. The zero-order chi connectivity index (χ0) is 17.1. The van der Waals surface area contributed by atoms with Crippen molar-refractivity contribution in [3.8, 4) is 22.7 Å². The molecule has 0 bridgehead atoms. The Morgan fingerprint density at radius 2 is 1.32 bits per heavy atom. The van der Waals surface area contributed by atoms with E-state index in [9.17, 15) is 0 Å². The summed E-state index contributed by atoms with van der Waals surface area (Å²) in [7, 11) is 0. The Labute approximate surface area is 154 Å². The van der Waals surface area contributed by atoms with Crippen LogP contribution in [0.15, 0.2) is 93.8 Å². The highest BCUT2D eigenvalue weighted by Gasteiger charge is 2.16. The van der Waals surface area contributed by atoms with E-state index in [0.717, 1.165) is 27.0 Å². The lowest BCUT2D eigenvalue weighted by atomic mass is 10.1. The molecule has 0 aliphatic heterocycles. The molecule has 0 radical (unpaired) electrons. The van der Waals surface area contributed by atoms with Crippen molar-refractivity contribution in [3.05, 3.63) is 89.4 Å². The first kappa shape index (κ1) is 15.7. The van der Waals surface area contributed by atoms with Crippen LogP contribution in [0.2, 0.25) is 0 Å². The predicted molar refractivity (Wildman–Crippen MR) is 105 cm³/mol. The molecule has 1 aromatic heterocycles. The van der Waals surface area contributed by atoms with Crippen LogP contribution in [0.1, 0.15) is 0 Å². The van der Waals surface area contributed by atoms with E-state index in [1.165, 1.54) is 0 Å². The third-order valence-electron chi connectivity index (χ3n) is 3.80. The highest BCUT2D eigenvalue weighted by molar-refractivity contribution is 9.10. The molecule has 0 aliphatic carbocycles. The zero-order valence-electron chi connectivity index (χ0n) is 13.3. The molecule has 0 saturated carbocycles. The number of oxazole rings is 1. The maximum atomic E-state index is 6.06. The highest BCUT2D eigenvalue weighted by Crippen LogP contribution is 2.34. The number of hydrogen-bond donors (Lipinski definition) is 1. The Kier molecular flexibility index (Phi) is 4.36. The maximum Gasteiger partial charge on any atom is 0.229 e. The molecule has 3 aromatic carbocycles. The first-order valence-electron chi connectivity index (χ1n) is 7.94. The number of anilines is 2. The number of halogens is 1. The minimum atomic E-state index is 0.596. The lowest BCUT2D eigenvalue weighted by Crippen LogP contribution is -1.90. The van der Waals surface area contributed by atoms with Gasteiger partial charge >= 0.3 is 0 Å². The molecule has 0 fully saturated rings. The van der Waals surface area contributed by atoms with Gasteiger partial charge in [-0.15, -0.1) is 0 Å². The van der Waals surface area contributed by atoms with E-state index in [1.807, 2.05) is 84.9 Å². The minimum Gasteiger partial charge on any atom is -0.420 e. The topological polar surface area (TPSA) is 38.1 Å². The molecule has 122 valence electrons. The second-order valence-corrected chi connectivity index (χ2v) is 6.48. The van der Waals surface area contributed by atoms with E-state index in [1.54, 1.807) is 0 Å². The molecular formula is C21H15BrN2O. The largest absolute Gasteiger partial charge is 0.420 e. The number of nitrogens with one attached hydrogen (secondary N) is 1. The van der Waals surface area contributed by atoms with Gasteiger partial charge in [-0.2, -0.15) is 0 Å². The molecule has 0 aliphatic rings. The van der Waals surface area contributed by atoms with Crippen LogP contribution in [-0.2, 0) is 0 Å². The number of rotatable bonds is 4. The number of benzene rings is 3. The van der Waals surface area contributed by atoms with Crippen molar-refractivity contribution < 1.29 is 4.42 Å². The summed E-state index contributed by atoms with van der Waals surface area (Å²) in [5, 5.41) is 3.34. The second kappa shape index (κ2) is 6.95. The lowest BCUT2D eigenvalue weighted by Gasteiger charge is -2.05. The number of aromatic nitrogens is 1. The quantitative estimate of drug-likeness (QED) is 0.431. The Hall–Kier alpha value is -2.85. The zero-order valence-corrected chi connectivity index (χ0v) is 14.9. The average Bonchev–Trinajstić information content (AvgIpc) is 3.09. The van der Waals surface area contributed by atoms with Gasteiger partial charge in [0.2, 0.25) is 11.8 Å². The number of nitrogens with zero attached hydrogens (tertiary/aromatic N) is 1. The molecule has 0 spiro atoms. The van der Waals surface area contributed by atoms with Gasteiger partial charge in [0.15, 0.2) is 0 Å². The van der Waals surface area contributed by atoms with E-state index < -0.39 is 0 Å². The van der Waals surface area contributed by atoms with Gasteiger partial charge in [0.1, 0.15) is 5.69 Å². The van der Waals surface area contributed by atoms with Gasteiger partial charge < -0.3 is 9.73 Å². The van der Waals surface area contributed by atoms with Crippen molar-refractivity contribution in [2.24, 2.45) is 0 Å². The molecule has 0 saturated heterocycles. The molecule has 1 N–H and O–H groups in total. The van der Waals surface area contributed by atoms with Crippen molar-refractivity contribution in [1.29, 1.82) is 0 Å². The fourth-order valence-electron chi connectivity index (χ4n) is 2.57. The monoisotopic (exact) mass is 390 g/mol. The highest BCUT2D eigenvalue weighted by atomic mass is 79.9. The van der Waals surface area contributed by atoms with Crippen molar-refractivity contribution in [1.82, 2.24) is 4.98 Å². The summed E-state index contributed by atoms with van der Waals surface area (Å²) in [6, 6.07) is 27.9. The van der Waals surface area contributed by atoms with E-state index in [0.29, 0.717) is 11.8 Å². The molecule has 0 unspecified atom stereocenters. The Morgan fingerprint density at radius 3 is 1.96 bits per heavy atom. The van der Waals surface area contributed by atoms with E-state index in [2.05, 4.69) is 21.2 Å². The van der Waals surface area contributed by atoms with Gasteiger partial charge in [0.25, 0.3) is 0 Å². The SMILES string of the molecule is Brc1ccc(Nc2oc(-c3ccccc3)nc2-c2ccccc2)cc1. The predicted octanol–water partition coefficient (Wildman–Crippen LogP) is 6.51. The molecule has 1 heterocycles. The summed E-state index contributed by atoms with van der Waals surface area (Å²) in [5.41, 5.74) is 3.69. The standard InChI is InChI=1S/C21H15BrN2O/c22-17-11-13-18(14-12-17)23-21-19(15-7-3-1-4-8-15)24-20(25-21)16-9-5-2-6-10-16/h1-14,23H. The summed E-state index contributed by atoms with van der Waals surface area (Å²) in [6.45, 7) is 0. The smallest absolute Gasteiger partial charge is 0.229 e. The van der Waals surface area contributed by atoms with Crippen molar-refractivity contribution in [3.63, 3.8) is 0 Å². The van der Waals surface area contributed by atoms with Crippen LogP contribution in [0, 0.1) is 0 Å². The van der Waals surface area contributed by atoms with E-state index in [4.69, 9.17) is 9.40 Å². The van der Waals surface area contributed by atoms with Crippen molar-refractivity contribution >= 4 is 27.5 Å². The summed E-state index contributed by atoms with van der Waals surface area (Å²) in [6.07, 6.45) is 0. The van der Waals surface area contributed by atoms with E-state index >= 15 is 0 Å². The van der Waals surface area contributed by atoms with Crippen LogP contribution in [-0.4, -0.2) is 4.98 Å². The van der Waals surface area contributed by atoms with Crippen molar-refractivity contribution in [2.45, 2.75) is 0 Å². The third-order valence-corrected chi connectivity index (χ3v) is 4.33. The van der Waals surface area contributed by atoms with E-state index in [-0.39, 0.29) is 0 Å². The molecule has 0 atom stereocenters. The Balaban J connectivity index is 1.78. The molecule has 25 heavy (non-hydrogen) atoms. The van der Waals surface area contributed by atoms with Crippen LogP contribution in [0.25, 0.3) is 22.7 Å². The first-order chi connectivity index (χ1) is 12.3. The van der Waals surface area contributed by atoms with Gasteiger partial charge in [0, 0.05) is 21.3 Å². The molecular weight excluding hydrogens is 376 g/mol. The van der Waals surface area contributed by atoms with Gasteiger partial charge in [-0.05, 0) is 36.4 Å². The van der Waals surface area contributed by atoms with Crippen LogP contribution in [0.4, 0.5) is 11.6 Å². The molecule has 0 amide bonds.